The lowest BCUT2D eigenvalue weighted by Crippen LogP contribution is -2.37. The molecule has 7 heteroatoms. The van der Waals surface area contributed by atoms with Gasteiger partial charge < -0.3 is 24.6 Å². The molecule has 1 aliphatic heterocycles. The minimum Gasteiger partial charge on any atom is -0.379 e. The highest BCUT2D eigenvalue weighted by atomic mass is 16.5. The first kappa shape index (κ1) is 18.7. The van der Waals surface area contributed by atoms with E-state index in [-0.39, 0.29) is 0 Å². The van der Waals surface area contributed by atoms with E-state index in [1.165, 1.54) is 0 Å². The summed E-state index contributed by atoms with van der Waals surface area (Å²) < 4.78 is 16.5. The monoisotopic (exact) mass is 338 g/mol. The third-order valence-corrected chi connectivity index (χ3v) is 3.91. The second-order valence-electron chi connectivity index (χ2n) is 6.29. The van der Waals surface area contributed by atoms with Crippen molar-refractivity contribution in [2.75, 3.05) is 33.4 Å². The second kappa shape index (κ2) is 10.3. The summed E-state index contributed by atoms with van der Waals surface area (Å²) in [5, 5.41) is 10.5. The standard InChI is InChI=1S/C17H30N4O3/c1-13(2)16-10-15(24-21-16)11-20-17(18-3)19-7-5-8-22-12-14-6-4-9-23-14/h10,13-14H,4-9,11-12H2,1-3H3,(H2,18,19,20). The van der Waals surface area contributed by atoms with E-state index in [0.717, 1.165) is 56.4 Å². The molecule has 0 amide bonds. The summed E-state index contributed by atoms with van der Waals surface area (Å²) in [7, 11) is 1.75. The van der Waals surface area contributed by atoms with Gasteiger partial charge in [-0.1, -0.05) is 19.0 Å². The molecule has 0 bridgehead atoms. The van der Waals surface area contributed by atoms with E-state index in [1.54, 1.807) is 7.05 Å². The number of aromatic nitrogens is 1. The van der Waals surface area contributed by atoms with Gasteiger partial charge in [0.25, 0.3) is 0 Å². The Labute approximate surface area is 144 Å². The summed E-state index contributed by atoms with van der Waals surface area (Å²) in [6, 6.07) is 1.98. The van der Waals surface area contributed by atoms with Crippen LogP contribution in [0.5, 0.6) is 0 Å². The molecule has 1 fully saturated rings. The van der Waals surface area contributed by atoms with Crippen LogP contribution in [0.3, 0.4) is 0 Å². The molecule has 1 aliphatic rings. The smallest absolute Gasteiger partial charge is 0.191 e. The minimum absolute atomic E-state index is 0.296. The Kier molecular flexibility index (Phi) is 8.04. The van der Waals surface area contributed by atoms with Crippen molar-refractivity contribution in [2.45, 2.75) is 51.7 Å². The van der Waals surface area contributed by atoms with Gasteiger partial charge >= 0.3 is 0 Å². The lowest BCUT2D eigenvalue weighted by Gasteiger charge is -2.12. The van der Waals surface area contributed by atoms with Crippen molar-refractivity contribution >= 4 is 5.96 Å². The third kappa shape index (κ3) is 6.49. The van der Waals surface area contributed by atoms with Crippen molar-refractivity contribution in [2.24, 2.45) is 4.99 Å². The number of ether oxygens (including phenoxy) is 2. The molecule has 2 heterocycles. The van der Waals surface area contributed by atoms with Crippen molar-refractivity contribution in [3.8, 4) is 0 Å². The summed E-state index contributed by atoms with van der Waals surface area (Å²) in [6.45, 7) is 7.86. The summed E-state index contributed by atoms with van der Waals surface area (Å²) in [6.07, 6.45) is 3.49. The van der Waals surface area contributed by atoms with Gasteiger partial charge in [0.2, 0.25) is 0 Å². The largest absolute Gasteiger partial charge is 0.379 e. The Morgan fingerprint density at radius 2 is 2.33 bits per heavy atom. The molecule has 7 nitrogen and oxygen atoms in total. The Hall–Kier alpha value is -1.60. The Morgan fingerprint density at radius 1 is 1.46 bits per heavy atom. The molecular weight excluding hydrogens is 308 g/mol. The van der Waals surface area contributed by atoms with Crippen LogP contribution in [-0.2, 0) is 16.0 Å². The van der Waals surface area contributed by atoms with E-state index < -0.39 is 0 Å². The first-order chi connectivity index (χ1) is 11.7. The van der Waals surface area contributed by atoms with Gasteiger partial charge in [-0.25, -0.2) is 0 Å². The number of aliphatic imine (C=N–C) groups is 1. The molecule has 0 saturated carbocycles. The molecule has 0 radical (unpaired) electrons. The number of hydrogen-bond acceptors (Lipinski definition) is 5. The first-order valence-corrected chi connectivity index (χ1v) is 8.78. The summed E-state index contributed by atoms with van der Waals surface area (Å²) in [5.74, 6) is 1.92. The Balaban J connectivity index is 1.54. The lowest BCUT2D eigenvalue weighted by molar-refractivity contribution is 0.0168. The zero-order chi connectivity index (χ0) is 17.2. The number of nitrogens with zero attached hydrogens (tertiary/aromatic N) is 2. The molecule has 2 rings (SSSR count). The molecule has 1 atom stereocenters. The van der Waals surface area contributed by atoms with Crippen LogP contribution in [0.25, 0.3) is 0 Å². The maximum absolute atomic E-state index is 5.64. The average Bonchev–Trinajstić information content (AvgIpc) is 3.25. The van der Waals surface area contributed by atoms with Gasteiger partial charge in [-0.2, -0.15) is 0 Å². The van der Waals surface area contributed by atoms with E-state index in [2.05, 4.69) is 34.6 Å². The quantitative estimate of drug-likeness (QED) is 0.407. The molecule has 0 aliphatic carbocycles. The predicted molar refractivity (Wildman–Crippen MR) is 93.2 cm³/mol. The predicted octanol–water partition coefficient (Wildman–Crippen LogP) is 2.05. The minimum atomic E-state index is 0.296. The van der Waals surface area contributed by atoms with Crippen LogP contribution in [0.2, 0.25) is 0 Å². The van der Waals surface area contributed by atoms with Gasteiger partial charge in [0.15, 0.2) is 11.7 Å². The molecule has 0 spiro atoms. The van der Waals surface area contributed by atoms with Crippen molar-refractivity contribution in [3.05, 3.63) is 17.5 Å². The number of hydrogen-bond donors (Lipinski definition) is 2. The number of rotatable bonds is 9. The van der Waals surface area contributed by atoms with E-state index in [4.69, 9.17) is 14.0 Å². The highest BCUT2D eigenvalue weighted by Gasteiger charge is 2.14. The van der Waals surface area contributed by atoms with Crippen LogP contribution >= 0.6 is 0 Å². The molecule has 1 saturated heterocycles. The molecule has 1 unspecified atom stereocenters. The molecule has 1 aromatic heterocycles. The van der Waals surface area contributed by atoms with E-state index in [9.17, 15) is 0 Å². The fourth-order valence-electron chi connectivity index (χ4n) is 2.45. The normalized spacial score (nSPS) is 18.3. The SMILES string of the molecule is CN=C(NCCCOCC1CCCO1)NCc1cc(C(C)C)no1. The van der Waals surface area contributed by atoms with Gasteiger partial charge in [0.05, 0.1) is 24.9 Å². The van der Waals surface area contributed by atoms with Gasteiger partial charge in [-0.05, 0) is 25.2 Å². The average molecular weight is 338 g/mol. The van der Waals surface area contributed by atoms with Gasteiger partial charge in [0.1, 0.15) is 0 Å². The molecular formula is C17H30N4O3. The summed E-state index contributed by atoms with van der Waals surface area (Å²) in [4.78, 5) is 4.20. The van der Waals surface area contributed by atoms with Crippen molar-refractivity contribution in [3.63, 3.8) is 0 Å². The maximum atomic E-state index is 5.64. The van der Waals surface area contributed by atoms with E-state index in [0.29, 0.717) is 25.2 Å². The van der Waals surface area contributed by atoms with Crippen LogP contribution in [0, 0.1) is 0 Å². The lowest BCUT2D eigenvalue weighted by atomic mass is 10.1. The second-order valence-corrected chi connectivity index (χ2v) is 6.29. The van der Waals surface area contributed by atoms with Crippen LogP contribution in [0.4, 0.5) is 0 Å². The first-order valence-electron chi connectivity index (χ1n) is 8.78. The fourth-order valence-corrected chi connectivity index (χ4v) is 2.45. The van der Waals surface area contributed by atoms with Crippen LogP contribution in [-0.4, -0.2) is 50.6 Å². The summed E-state index contributed by atoms with van der Waals surface area (Å²) in [5.41, 5.74) is 0.970. The molecule has 1 aromatic rings. The van der Waals surface area contributed by atoms with Crippen LogP contribution in [0.15, 0.2) is 15.6 Å². The van der Waals surface area contributed by atoms with Gasteiger partial charge in [0, 0.05) is 32.9 Å². The highest BCUT2D eigenvalue weighted by Crippen LogP contribution is 2.13. The maximum Gasteiger partial charge on any atom is 0.191 e. The van der Waals surface area contributed by atoms with Crippen molar-refractivity contribution in [1.29, 1.82) is 0 Å². The number of guanidine groups is 1. The van der Waals surface area contributed by atoms with Crippen molar-refractivity contribution < 1.29 is 14.0 Å². The van der Waals surface area contributed by atoms with Crippen LogP contribution in [0.1, 0.15) is 50.5 Å². The van der Waals surface area contributed by atoms with Gasteiger partial charge in [-0.15, -0.1) is 0 Å². The number of nitrogens with one attached hydrogen (secondary N) is 2. The Morgan fingerprint density at radius 3 is 3.00 bits per heavy atom. The third-order valence-electron chi connectivity index (χ3n) is 3.91. The molecule has 136 valence electrons. The molecule has 0 aromatic carbocycles. The fraction of sp³-hybridized carbons (Fsp3) is 0.765. The van der Waals surface area contributed by atoms with E-state index >= 15 is 0 Å². The molecule has 2 N–H and O–H groups in total. The topological polar surface area (TPSA) is 80.9 Å². The van der Waals surface area contributed by atoms with Crippen LogP contribution < -0.4 is 10.6 Å². The van der Waals surface area contributed by atoms with E-state index in [1.807, 2.05) is 6.07 Å². The van der Waals surface area contributed by atoms with Gasteiger partial charge in [-0.3, -0.25) is 4.99 Å². The highest BCUT2D eigenvalue weighted by molar-refractivity contribution is 5.79. The molecule has 24 heavy (non-hydrogen) atoms. The van der Waals surface area contributed by atoms with Crippen molar-refractivity contribution in [1.82, 2.24) is 15.8 Å². The summed E-state index contributed by atoms with van der Waals surface area (Å²) >= 11 is 0. The zero-order valence-electron chi connectivity index (χ0n) is 15.0. The zero-order valence-corrected chi connectivity index (χ0v) is 15.0. The Bertz CT molecular complexity index is 496.